The first-order valence-corrected chi connectivity index (χ1v) is 39.8. The van der Waals surface area contributed by atoms with Gasteiger partial charge in [0.2, 0.25) is 0 Å². The molecule has 0 aliphatic carbocycles. The largest absolute Gasteiger partial charge is 0.472 e. The Balaban J connectivity index is 5.21. The summed E-state index contributed by atoms with van der Waals surface area (Å²) in [6, 6.07) is 0. The first-order valence-electron chi connectivity index (χ1n) is 36.8. The minimum absolute atomic E-state index is 0.107. The summed E-state index contributed by atoms with van der Waals surface area (Å²) in [5.41, 5.74) is 0. The minimum Gasteiger partial charge on any atom is -0.462 e. The van der Waals surface area contributed by atoms with Crippen LogP contribution in [0.3, 0.4) is 0 Å². The van der Waals surface area contributed by atoms with Crippen LogP contribution >= 0.6 is 15.6 Å². The number of phosphoric ester groups is 2. The van der Waals surface area contributed by atoms with Gasteiger partial charge in [-0.3, -0.25) is 37.3 Å². The Morgan fingerprint density at radius 3 is 0.663 bits per heavy atom. The first-order chi connectivity index (χ1) is 43.2. The normalized spacial score (nSPS) is 14.0. The maximum atomic E-state index is 13.0. The molecular formula is C70H136O17P2. The summed E-state index contributed by atoms with van der Waals surface area (Å²) >= 11 is 0. The number of rotatable bonds is 71. The van der Waals surface area contributed by atoms with Gasteiger partial charge in [-0.05, 0) is 25.7 Å². The Hall–Kier alpha value is -1.94. The van der Waals surface area contributed by atoms with E-state index in [4.69, 9.17) is 37.0 Å². The van der Waals surface area contributed by atoms with Crippen LogP contribution in [0, 0.1) is 0 Å². The number of hydrogen-bond acceptors (Lipinski definition) is 15. The lowest BCUT2D eigenvalue weighted by atomic mass is 10.0. The molecule has 0 rings (SSSR count). The molecule has 0 saturated heterocycles. The Morgan fingerprint density at radius 1 is 0.270 bits per heavy atom. The second kappa shape index (κ2) is 64.8. The Labute approximate surface area is 543 Å². The first kappa shape index (κ1) is 87.1. The smallest absolute Gasteiger partial charge is 0.462 e. The van der Waals surface area contributed by atoms with Crippen molar-refractivity contribution in [3.8, 4) is 0 Å². The number of esters is 4. The van der Waals surface area contributed by atoms with Gasteiger partial charge in [-0.15, -0.1) is 0 Å². The zero-order chi connectivity index (χ0) is 65.4. The van der Waals surface area contributed by atoms with Crippen LogP contribution < -0.4 is 0 Å². The van der Waals surface area contributed by atoms with Gasteiger partial charge in [0.1, 0.15) is 19.3 Å². The SMILES string of the molecule is CCCCCCCCCCCCCCCCCCCC(=O)O[C@H](COC(=O)CCCCCCCCCCCCCC)COP(=O)(O)OC[C@@H](O)COP(=O)(O)OC[C@@H](COC(=O)CCCCCCCCCCC)OC(=O)CCCCCCCCCCCCC. The van der Waals surface area contributed by atoms with Gasteiger partial charge in [0.05, 0.1) is 26.4 Å². The van der Waals surface area contributed by atoms with Gasteiger partial charge in [-0.25, -0.2) is 9.13 Å². The van der Waals surface area contributed by atoms with Crippen LogP contribution in [0.4, 0.5) is 0 Å². The van der Waals surface area contributed by atoms with E-state index in [-0.39, 0.29) is 25.7 Å². The molecule has 0 aromatic heterocycles. The number of unbranched alkanes of at least 4 members (excludes halogenated alkanes) is 45. The molecule has 0 amide bonds. The van der Waals surface area contributed by atoms with Crippen molar-refractivity contribution in [2.75, 3.05) is 39.6 Å². The molecule has 0 saturated carbocycles. The summed E-state index contributed by atoms with van der Waals surface area (Å²) in [5.74, 6) is -2.12. The molecule has 19 heteroatoms. The zero-order valence-corrected chi connectivity index (χ0v) is 59.2. The molecule has 0 radical (unpaired) electrons. The fourth-order valence-electron chi connectivity index (χ4n) is 10.7. The summed E-state index contributed by atoms with van der Waals surface area (Å²) in [5, 5.41) is 10.6. The van der Waals surface area contributed by atoms with E-state index in [1.54, 1.807) is 0 Å². The maximum Gasteiger partial charge on any atom is 0.472 e. The number of phosphoric acid groups is 2. The Bertz CT molecular complexity index is 1710. The van der Waals surface area contributed by atoms with Crippen molar-refractivity contribution in [3.05, 3.63) is 0 Å². The minimum atomic E-state index is -4.95. The topological polar surface area (TPSA) is 237 Å². The summed E-state index contributed by atoms with van der Waals surface area (Å²) in [7, 11) is -9.89. The molecule has 0 aliphatic heterocycles. The van der Waals surface area contributed by atoms with Gasteiger partial charge in [-0.1, -0.05) is 317 Å². The quantitative estimate of drug-likeness (QED) is 0.0222. The number of aliphatic hydroxyl groups is 1. The van der Waals surface area contributed by atoms with E-state index in [0.29, 0.717) is 25.7 Å². The number of hydrogen-bond donors (Lipinski definition) is 3. The van der Waals surface area contributed by atoms with E-state index in [1.807, 2.05) is 0 Å². The molecule has 0 spiro atoms. The average Bonchev–Trinajstić information content (AvgIpc) is 3.58. The van der Waals surface area contributed by atoms with Crippen molar-refractivity contribution < 1.29 is 80.2 Å². The van der Waals surface area contributed by atoms with Crippen molar-refractivity contribution in [3.63, 3.8) is 0 Å². The van der Waals surface area contributed by atoms with Gasteiger partial charge < -0.3 is 33.8 Å². The van der Waals surface area contributed by atoms with Crippen LogP contribution in [0.5, 0.6) is 0 Å². The third kappa shape index (κ3) is 64.6. The molecule has 17 nitrogen and oxygen atoms in total. The third-order valence-corrected chi connectivity index (χ3v) is 18.3. The third-order valence-electron chi connectivity index (χ3n) is 16.4. The fourth-order valence-corrected chi connectivity index (χ4v) is 12.3. The van der Waals surface area contributed by atoms with Gasteiger partial charge in [0, 0.05) is 25.7 Å². The predicted molar refractivity (Wildman–Crippen MR) is 359 cm³/mol. The molecule has 0 fully saturated rings. The van der Waals surface area contributed by atoms with Gasteiger partial charge in [0.25, 0.3) is 0 Å². The number of carbonyl (C=O) groups excluding carboxylic acids is 4. The van der Waals surface area contributed by atoms with Crippen molar-refractivity contribution in [2.45, 2.75) is 386 Å². The molecule has 0 bridgehead atoms. The fraction of sp³-hybridized carbons (Fsp3) is 0.943. The van der Waals surface area contributed by atoms with Crippen LogP contribution in [0.15, 0.2) is 0 Å². The van der Waals surface area contributed by atoms with E-state index in [9.17, 15) is 43.2 Å². The lowest BCUT2D eigenvalue weighted by Gasteiger charge is -2.21. The highest BCUT2D eigenvalue weighted by Crippen LogP contribution is 2.45. The van der Waals surface area contributed by atoms with Crippen molar-refractivity contribution in [2.24, 2.45) is 0 Å². The van der Waals surface area contributed by atoms with Crippen LogP contribution in [-0.2, 0) is 65.4 Å². The number of ether oxygens (including phenoxy) is 4. The molecule has 0 aliphatic rings. The van der Waals surface area contributed by atoms with Gasteiger partial charge in [-0.2, -0.15) is 0 Å². The van der Waals surface area contributed by atoms with Crippen molar-refractivity contribution in [1.29, 1.82) is 0 Å². The molecule has 89 heavy (non-hydrogen) atoms. The number of aliphatic hydroxyl groups excluding tert-OH is 1. The van der Waals surface area contributed by atoms with E-state index < -0.39 is 97.5 Å². The lowest BCUT2D eigenvalue weighted by Crippen LogP contribution is -2.30. The highest BCUT2D eigenvalue weighted by molar-refractivity contribution is 7.47. The maximum absolute atomic E-state index is 13.0. The van der Waals surface area contributed by atoms with E-state index in [1.165, 1.54) is 199 Å². The lowest BCUT2D eigenvalue weighted by molar-refractivity contribution is -0.161. The van der Waals surface area contributed by atoms with Gasteiger partial charge >= 0.3 is 39.5 Å². The molecule has 5 atom stereocenters. The molecule has 0 heterocycles. The van der Waals surface area contributed by atoms with Crippen LogP contribution in [0.2, 0.25) is 0 Å². The standard InChI is InChI=1S/C70H136O17P2/c1-5-9-13-17-21-25-28-30-31-32-33-34-37-41-45-49-53-57-70(75)87-66(61-81-68(73)55-51-47-43-39-36-29-26-22-18-14-10-6-2)63-85-89(78,79)83-59-64(71)58-82-88(76,77)84-62-65(60-80-67(72)54-50-46-42-38-24-20-16-12-8-4)86-69(74)56-52-48-44-40-35-27-23-19-15-11-7-3/h64-66,71H,5-63H2,1-4H3,(H,76,77)(H,78,79)/t64-,65+,66+/m0/s1. The predicted octanol–water partition coefficient (Wildman–Crippen LogP) is 20.3. The molecular weight excluding hydrogens is 1170 g/mol. The number of carbonyl (C=O) groups is 4. The molecule has 528 valence electrons. The van der Waals surface area contributed by atoms with E-state index >= 15 is 0 Å². The zero-order valence-electron chi connectivity index (χ0n) is 57.4. The second-order valence-electron chi connectivity index (χ2n) is 25.3. The van der Waals surface area contributed by atoms with Gasteiger partial charge in [0.15, 0.2) is 12.2 Å². The Morgan fingerprint density at radius 2 is 0.449 bits per heavy atom. The molecule has 2 unspecified atom stereocenters. The summed E-state index contributed by atoms with van der Waals surface area (Å²) < 4.78 is 68.2. The molecule has 3 N–H and O–H groups in total. The monoisotopic (exact) mass is 1310 g/mol. The second-order valence-corrected chi connectivity index (χ2v) is 28.2. The molecule has 0 aromatic carbocycles. The van der Waals surface area contributed by atoms with Crippen LogP contribution in [0.25, 0.3) is 0 Å². The summed E-state index contributed by atoms with van der Waals surface area (Å²) in [6.07, 6.45) is 52.6. The van der Waals surface area contributed by atoms with Crippen molar-refractivity contribution >= 4 is 39.5 Å². The highest BCUT2D eigenvalue weighted by Gasteiger charge is 2.30. The molecule has 0 aromatic rings. The van der Waals surface area contributed by atoms with E-state index in [0.717, 1.165) is 89.9 Å². The van der Waals surface area contributed by atoms with Crippen molar-refractivity contribution in [1.82, 2.24) is 0 Å². The summed E-state index contributed by atoms with van der Waals surface area (Å²) in [4.78, 5) is 72.5. The Kier molecular flexibility index (Phi) is 63.3. The highest BCUT2D eigenvalue weighted by atomic mass is 31.2. The van der Waals surface area contributed by atoms with Crippen LogP contribution in [-0.4, -0.2) is 96.7 Å². The van der Waals surface area contributed by atoms with E-state index in [2.05, 4.69) is 27.7 Å². The summed E-state index contributed by atoms with van der Waals surface area (Å²) in [6.45, 7) is 4.93. The van der Waals surface area contributed by atoms with Crippen LogP contribution in [0.1, 0.15) is 368 Å². The average molecular weight is 1310 g/mol.